The molecule has 3 nitrogen and oxygen atoms in total. The average molecular weight is 324 g/mol. The first-order valence-corrected chi connectivity index (χ1v) is 7.35. The molecule has 0 saturated heterocycles. The van der Waals surface area contributed by atoms with Crippen LogP contribution in [0.4, 0.5) is 8.78 Å². The maximum absolute atomic E-state index is 13.2. The van der Waals surface area contributed by atoms with Crippen molar-refractivity contribution >= 4 is 5.91 Å². The van der Waals surface area contributed by atoms with Crippen LogP contribution in [0.1, 0.15) is 27.5 Å². The van der Waals surface area contributed by atoms with Crippen molar-refractivity contribution in [2.75, 3.05) is 0 Å². The highest BCUT2D eigenvalue weighted by Crippen LogP contribution is 2.22. The predicted octanol–water partition coefficient (Wildman–Crippen LogP) is 3.88. The zero-order valence-electron chi connectivity index (χ0n) is 12.6. The molecule has 0 fully saturated rings. The lowest BCUT2D eigenvalue weighted by molar-refractivity contribution is 0.0943. The zero-order valence-corrected chi connectivity index (χ0v) is 12.6. The lowest BCUT2D eigenvalue weighted by Gasteiger charge is -2.20. The molecule has 3 rings (SSSR count). The van der Waals surface area contributed by atoms with Gasteiger partial charge in [0, 0.05) is 18.0 Å². The number of halogens is 2. The Hall–Kier alpha value is -3.08. The van der Waals surface area contributed by atoms with Gasteiger partial charge in [-0.25, -0.2) is 8.78 Å². The normalized spacial score (nSPS) is 11.8. The summed E-state index contributed by atoms with van der Waals surface area (Å²) in [4.78, 5) is 16.4. The highest BCUT2D eigenvalue weighted by molar-refractivity contribution is 5.94. The van der Waals surface area contributed by atoms with Gasteiger partial charge in [-0.15, -0.1) is 0 Å². The monoisotopic (exact) mass is 324 g/mol. The topological polar surface area (TPSA) is 42.0 Å². The predicted molar refractivity (Wildman–Crippen MR) is 86.3 cm³/mol. The van der Waals surface area contributed by atoms with Crippen LogP contribution in [0.3, 0.4) is 0 Å². The van der Waals surface area contributed by atoms with Crippen molar-refractivity contribution < 1.29 is 13.6 Å². The molecule has 3 aromatic rings. The standard InChI is InChI=1S/C19H14F2N2O/c20-16-5-1-13(2-6-16)18(14-9-11-22-12-10-14)23-19(24)15-3-7-17(21)8-4-15/h1-12,18H,(H,23,24). The molecule has 0 aliphatic rings. The number of pyridine rings is 1. The minimum atomic E-state index is -0.467. The van der Waals surface area contributed by atoms with Crippen LogP contribution < -0.4 is 5.32 Å². The fourth-order valence-electron chi connectivity index (χ4n) is 2.39. The smallest absolute Gasteiger partial charge is 0.252 e. The van der Waals surface area contributed by atoms with E-state index in [1.165, 1.54) is 36.4 Å². The Morgan fingerprint density at radius 3 is 1.88 bits per heavy atom. The number of benzene rings is 2. The zero-order chi connectivity index (χ0) is 16.9. The maximum atomic E-state index is 13.2. The van der Waals surface area contributed by atoms with Gasteiger partial charge in [-0.2, -0.15) is 0 Å². The summed E-state index contributed by atoms with van der Waals surface area (Å²) in [6.45, 7) is 0. The lowest BCUT2D eigenvalue weighted by Crippen LogP contribution is -2.29. The molecule has 1 aromatic heterocycles. The van der Waals surface area contributed by atoms with Gasteiger partial charge in [0.1, 0.15) is 11.6 Å². The third kappa shape index (κ3) is 3.63. The molecule has 0 radical (unpaired) electrons. The highest BCUT2D eigenvalue weighted by Gasteiger charge is 2.18. The lowest BCUT2D eigenvalue weighted by atomic mass is 9.99. The largest absolute Gasteiger partial charge is 0.341 e. The number of carbonyl (C=O) groups excluding carboxylic acids is 1. The minimum Gasteiger partial charge on any atom is -0.341 e. The van der Waals surface area contributed by atoms with Gasteiger partial charge in [0.05, 0.1) is 6.04 Å². The number of rotatable bonds is 4. The van der Waals surface area contributed by atoms with Gasteiger partial charge in [-0.05, 0) is 59.7 Å². The molecule has 0 bridgehead atoms. The van der Waals surface area contributed by atoms with Gasteiger partial charge >= 0.3 is 0 Å². The van der Waals surface area contributed by atoms with Crippen molar-refractivity contribution in [1.82, 2.24) is 10.3 Å². The van der Waals surface area contributed by atoms with E-state index in [4.69, 9.17) is 0 Å². The van der Waals surface area contributed by atoms with Crippen molar-refractivity contribution in [3.63, 3.8) is 0 Å². The van der Waals surface area contributed by atoms with Crippen LogP contribution in [-0.2, 0) is 0 Å². The van der Waals surface area contributed by atoms with E-state index in [1.807, 2.05) is 0 Å². The van der Waals surface area contributed by atoms with Crippen molar-refractivity contribution in [3.05, 3.63) is 101 Å². The fraction of sp³-hybridized carbons (Fsp3) is 0.0526. The summed E-state index contributed by atoms with van der Waals surface area (Å²) in [6.07, 6.45) is 3.24. The molecule has 1 unspecified atom stereocenters. The number of aromatic nitrogens is 1. The first kappa shape index (κ1) is 15.8. The second kappa shape index (κ2) is 7.00. The molecule has 24 heavy (non-hydrogen) atoms. The van der Waals surface area contributed by atoms with Gasteiger partial charge in [0.2, 0.25) is 0 Å². The van der Waals surface area contributed by atoms with Gasteiger partial charge in [-0.3, -0.25) is 9.78 Å². The summed E-state index contributed by atoms with van der Waals surface area (Å²) in [7, 11) is 0. The van der Waals surface area contributed by atoms with Crippen molar-refractivity contribution in [2.24, 2.45) is 0 Å². The molecule has 0 saturated carbocycles. The molecule has 1 heterocycles. The van der Waals surface area contributed by atoms with Crippen LogP contribution in [0.2, 0.25) is 0 Å². The van der Waals surface area contributed by atoms with Crippen LogP contribution in [0.25, 0.3) is 0 Å². The molecule has 5 heteroatoms. The molecule has 0 spiro atoms. The number of amides is 1. The summed E-state index contributed by atoms with van der Waals surface area (Å²) >= 11 is 0. The van der Waals surface area contributed by atoms with Crippen molar-refractivity contribution in [2.45, 2.75) is 6.04 Å². The molecule has 0 aliphatic heterocycles. The second-order valence-corrected chi connectivity index (χ2v) is 5.25. The van der Waals surface area contributed by atoms with E-state index in [-0.39, 0.29) is 11.7 Å². The Morgan fingerprint density at radius 2 is 1.29 bits per heavy atom. The quantitative estimate of drug-likeness (QED) is 0.791. The van der Waals surface area contributed by atoms with E-state index in [1.54, 1.807) is 36.7 Å². The molecule has 1 amide bonds. The van der Waals surface area contributed by atoms with E-state index in [2.05, 4.69) is 10.3 Å². The third-order valence-electron chi connectivity index (χ3n) is 3.62. The third-order valence-corrected chi connectivity index (χ3v) is 3.62. The Bertz CT molecular complexity index is 818. The van der Waals surface area contributed by atoms with E-state index in [9.17, 15) is 13.6 Å². The number of hydrogen-bond donors (Lipinski definition) is 1. The second-order valence-electron chi connectivity index (χ2n) is 5.25. The van der Waals surface area contributed by atoms with Gasteiger partial charge in [-0.1, -0.05) is 12.1 Å². The number of carbonyl (C=O) groups is 1. The highest BCUT2D eigenvalue weighted by atomic mass is 19.1. The molecular formula is C19H14F2N2O. The molecule has 1 atom stereocenters. The summed E-state index contributed by atoms with van der Waals surface area (Å²) in [5, 5.41) is 2.89. The van der Waals surface area contributed by atoms with Crippen LogP contribution in [0, 0.1) is 11.6 Å². The minimum absolute atomic E-state index is 0.345. The van der Waals surface area contributed by atoms with Crippen LogP contribution in [0.15, 0.2) is 73.1 Å². The number of hydrogen-bond acceptors (Lipinski definition) is 2. The Morgan fingerprint density at radius 1 is 0.792 bits per heavy atom. The molecule has 0 aliphatic carbocycles. The van der Waals surface area contributed by atoms with E-state index in [0.717, 1.165) is 11.1 Å². The average Bonchev–Trinajstić information content (AvgIpc) is 2.62. The molecule has 2 aromatic carbocycles. The van der Waals surface area contributed by atoms with E-state index in [0.29, 0.717) is 5.56 Å². The fourth-order valence-corrected chi connectivity index (χ4v) is 2.39. The van der Waals surface area contributed by atoms with Crippen molar-refractivity contribution in [3.8, 4) is 0 Å². The van der Waals surface area contributed by atoms with Crippen molar-refractivity contribution in [1.29, 1.82) is 0 Å². The Labute approximate surface area is 138 Å². The van der Waals surface area contributed by atoms with Gasteiger partial charge in [0.15, 0.2) is 0 Å². The van der Waals surface area contributed by atoms with Gasteiger partial charge < -0.3 is 5.32 Å². The summed E-state index contributed by atoms with van der Waals surface area (Å²) in [5.41, 5.74) is 1.89. The number of nitrogens with one attached hydrogen (secondary N) is 1. The summed E-state index contributed by atoms with van der Waals surface area (Å²) in [5.74, 6) is -1.10. The van der Waals surface area contributed by atoms with Crippen LogP contribution in [0.5, 0.6) is 0 Å². The first-order chi connectivity index (χ1) is 11.6. The maximum Gasteiger partial charge on any atom is 0.252 e. The molecular weight excluding hydrogens is 310 g/mol. The molecule has 1 N–H and O–H groups in total. The van der Waals surface area contributed by atoms with Crippen LogP contribution in [-0.4, -0.2) is 10.9 Å². The Kier molecular flexibility index (Phi) is 4.61. The van der Waals surface area contributed by atoms with Crippen LogP contribution >= 0.6 is 0 Å². The summed E-state index contributed by atoms with van der Waals surface area (Å²) < 4.78 is 26.2. The van der Waals surface area contributed by atoms with Gasteiger partial charge in [0.25, 0.3) is 5.91 Å². The van der Waals surface area contributed by atoms with E-state index < -0.39 is 11.9 Å². The number of nitrogens with zero attached hydrogens (tertiary/aromatic N) is 1. The van der Waals surface area contributed by atoms with E-state index >= 15 is 0 Å². The first-order valence-electron chi connectivity index (χ1n) is 7.35. The summed E-state index contributed by atoms with van der Waals surface area (Å²) in [6, 6.07) is 14.3. The SMILES string of the molecule is O=C(NC(c1ccncc1)c1ccc(F)cc1)c1ccc(F)cc1. The molecule has 120 valence electrons. The Balaban J connectivity index is 1.91.